The van der Waals surface area contributed by atoms with Gasteiger partial charge in [0.1, 0.15) is 24.0 Å². The number of carbonyl (C=O) groups excluding carboxylic acids is 4. The van der Waals surface area contributed by atoms with Crippen molar-refractivity contribution < 1.29 is 58.2 Å². The molecule has 1 amide bonds. The van der Waals surface area contributed by atoms with Crippen LogP contribution in [0.5, 0.6) is 0 Å². The Morgan fingerprint density at radius 2 is 1.54 bits per heavy atom. The van der Waals surface area contributed by atoms with Crippen LogP contribution in [0.3, 0.4) is 0 Å². The molecular formula is C44H69NO12. The molecule has 0 aromatic carbocycles. The highest BCUT2D eigenvalue weighted by atomic mass is 16.7. The molecule has 1 saturated carbocycles. The zero-order chi connectivity index (χ0) is 42.2. The molecule has 0 radical (unpaired) electrons. The van der Waals surface area contributed by atoms with E-state index in [2.05, 4.69) is 6.58 Å². The molecule has 2 bridgehead atoms. The molecule has 4 aliphatic rings. The van der Waals surface area contributed by atoms with Gasteiger partial charge in [-0.25, -0.2) is 4.79 Å². The topological polar surface area (TPSA) is 178 Å². The molecule has 0 unspecified atom stereocenters. The number of carbonyl (C=O) groups is 4. The van der Waals surface area contributed by atoms with E-state index in [1.807, 2.05) is 39.8 Å². The zero-order valence-corrected chi connectivity index (χ0v) is 35.4. The number of amides is 1. The summed E-state index contributed by atoms with van der Waals surface area (Å²) >= 11 is 0. The molecule has 13 nitrogen and oxygen atoms in total. The maximum atomic E-state index is 14.3. The molecule has 0 aromatic heterocycles. The molecule has 2 saturated heterocycles. The van der Waals surface area contributed by atoms with Gasteiger partial charge in [-0.1, -0.05) is 44.6 Å². The van der Waals surface area contributed by atoms with Crippen LogP contribution in [-0.4, -0.2) is 126 Å². The Kier molecular flexibility index (Phi) is 17.2. The average Bonchev–Trinajstić information content (AvgIpc) is 3.18. The van der Waals surface area contributed by atoms with Crippen LogP contribution in [0.4, 0.5) is 0 Å². The Labute approximate surface area is 339 Å². The SMILES string of the molecule is C=CC[C@@H]1/C=C(/C)C[C@H](C)C[C@H](OC)[C@H]2O[C@@](O)(C(=O)C(=O)N3CCCC[C@H]3C(=O)O[C@H]([C@@H]3CC[C@@H](O)[C@H](OC)C3)/C(C)=C/[C@H](C)[C@@H](O)CC1=O)[C@H](C)C[C@@H]2OC. The summed E-state index contributed by atoms with van der Waals surface area (Å²) < 4.78 is 29.9. The second kappa shape index (κ2) is 21.0. The summed E-state index contributed by atoms with van der Waals surface area (Å²) in [6.07, 6.45) is 4.67. The van der Waals surface area contributed by atoms with E-state index in [9.17, 15) is 34.5 Å². The minimum absolute atomic E-state index is 0.0107. The third kappa shape index (κ3) is 11.3. The van der Waals surface area contributed by atoms with Crippen molar-refractivity contribution >= 4 is 23.4 Å². The van der Waals surface area contributed by atoms with Gasteiger partial charge in [0.25, 0.3) is 11.7 Å². The predicted molar refractivity (Wildman–Crippen MR) is 213 cm³/mol. The van der Waals surface area contributed by atoms with Crippen LogP contribution in [-0.2, 0) is 42.9 Å². The van der Waals surface area contributed by atoms with Crippen LogP contribution in [0, 0.1) is 29.6 Å². The van der Waals surface area contributed by atoms with Gasteiger partial charge >= 0.3 is 5.97 Å². The molecule has 14 atom stereocenters. The lowest BCUT2D eigenvalue weighted by Crippen LogP contribution is -2.64. The van der Waals surface area contributed by atoms with Gasteiger partial charge in [0.05, 0.1) is 30.5 Å². The number of esters is 1. The lowest BCUT2D eigenvalue weighted by Gasteiger charge is -2.47. The summed E-state index contributed by atoms with van der Waals surface area (Å²) in [4.78, 5) is 57.7. The van der Waals surface area contributed by atoms with E-state index in [-0.39, 0.29) is 43.4 Å². The Bertz CT molecular complexity index is 1480. The van der Waals surface area contributed by atoms with Crippen molar-refractivity contribution in [3.63, 3.8) is 0 Å². The first-order valence-corrected chi connectivity index (χ1v) is 20.9. The van der Waals surface area contributed by atoms with Crippen molar-refractivity contribution in [2.24, 2.45) is 29.6 Å². The third-order valence-corrected chi connectivity index (χ3v) is 12.9. The molecule has 1 aliphatic carbocycles. The largest absolute Gasteiger partial charge is 0.456 e. The predicted octanol–water partition coefficient (Wildman–Crippen LogP) is 4.64. The van der Waals surface area contributed by atoms with Gasteiger partial charge in [-0.15, -0.1) is 6.58 Å². The Morgan fingerprint density at radius 3 is 2.19 bits per heavy atom. The summed E-state index contributed by atoms with van der Waals surface area (Å²) in [6.45, 7) is 13.2. The smallest absolute Gasteiger partial charge is 0.329 e. The molecule has 0 spiro atoms. The van der Waals surface area contributed by atoms with E-state index in [1.54, 1.807) is 13.0 Å². The van der Waals surface area contributed by atoms with Gasteiger partial charge in [-0.05, 0) is 89.5 Å². The van der Waals surface area contributed by atoms with Crippen LogP contribution in [0.15, 0.2) is 36.0 Å². The van der Waals surface area contributed by atoms with Crippen LogP contribution in [0.1, 0.15) is 105 Å². The van der Waals surface area contributed by atoms with E-state index >= 15 is 0 Å². The van der Waals surface area contributed by atoms with Gasteiger partial charge in [0, 0.05) is 58.0 Å². The lowest BCUT2D eigenvalue weighted by molar-refractivity contribution is -0.302. The number of Topliss-reactive ketones (excluding diaryl/α,β-unsaturated/α-hetero) is 2. The zero-order valence-electron chi connectivity index (χ0n) is 35.4. The number of ketones is 2. The first kappa shape index (κ1) is 46.9. The van der Waals surface area contributed by atoms with Crippen molar-refractivity contribution in [2.45, 2.75) is 160 Å². The molecule has 322 valence electrons. The van der Waals surface area contributed by atoms with Crippen molar-refractivity contribution in [1.29, 1.82) is 0 Å². The number of allylic oxidation sites excluding steroid dienone is 3. The van der Waals surface area contributed by atoms with E-state index < -0.39 is 90.0 Å². The molecule has 3 aliphatic heterocycles. The van der Waals surface area contributed by atoms with Crippen molar-refractivity contribution in [3.8, 4) is 0 Å². The number of rotatable bonds is 6. The van der Waals surface area contributed by atoms with Gasteiger partial charge in [-0.3, -0.25) is 14.4 Å². The molecule has 4 rings (SSSR count). The van der Waals surface area contributed by atoms with E-state index in [1.165, 1.54) is 26.2 Å². The first-order chi connectivity index (χ1) is 27.0. The second-order valence-electron chi connectivity index (χ2n) is 17.3. The quantitative estimate of drug-likeness (QED) is 0.193. The van der Waals surface area contributed by atoms with E-state index in [4.69, 9.17) is 23.7 Å². The fourth-order valence-corrected chi connectivity index (χ4v) is 9.45. The minimum atomic E-state index is -2.51. The number of aliphatic hydroxyl groups excluding tert-OH is 2. The first-order valence-electron chi connectivity index (χ1n) is 20.9. The summed E-state index contributed by atoms with van der Waals surface area (Å²) in [6, 6.07) is -1.10. The molecule has 13 heteroatoms. The number of ether oxygens (including phenoxy) is 5. The molecule has 3 fully saturated rings. The van der Waals surface area contributed by atoms with Gasteiger partial charge < -0.3 is 43.9 Å². The van der Waals surface area contributed by atoms with Crippen LogP contribution < -0.4 is 0 Å². The molecular weight excluding hydrogens is 734 g/mol. The number of methoxy groups -OCH3 is 3. The minimum Gasteiger partial charge on any atom is -0.456 e. The molecule has 3 heterocycles. The van der Waals surface area contributed by atoms with Crippen LogP contribution in [0.25, 0.3) is 0 Å². The highest BCUT2D eigenvalue weighted by molar-refractivity contribution is 6.39. The number of fused-ring (bicyclic) bond motifs is 3. The fraction of sp³-hybridized carbons (Fsp3) is 0.773. The Hall–Kier alpha value is -2.78. The van der Waals surface area contributed by atoms with Crippen molar-refractivity contribution in [2.75, 3.05) is 27.9 Å². The molecule has 57 heavy (non-hydrogen) atoms. The lowest BCUT2D eigenvalue weighted by atomic mass is 9.79. The van der Waals surface area contributed by atoms with Crippen molar-refractivity contribution in [1.82, 2.24) is 4.90 Å². The number of hydrogen-bond acceptors (Lipinski definition) is 12. The van der Waals surface area contributed by atoms with E-state index in [0.29, 0.717) is 56.9 Å². The third-order valence-electron chi connectivity index (χ3n) is 12.9. The number of aliphatic hydroxyl groups is 3. The fourth-order valence-electron chi connectivity index (χ4n) is 9.45. The summed E-state index contributed by atoms with van der Waals surface area (Å²) in [7, 11) is 4.58. The normalized spacial score (nSPS) is 41.9. The number of cyclic esters (lactones) is 1. The van der Waals surface area contributed by atoms with Crippen molar-refractivity contribution in [3.05, 3.63) is 36.0 Å². The number of nitrogens with zero attached hydrogens (tertiary/aromatic N) is 1. The number of piperidine rings is 1. The Morgan fingerprint density at radius 1 is 0.877 bits per heavy atom. The van der Waals surface area contributed by atoms with Gasteiger partial charge in [0.15, 0.2) is 0 Å². The Balaban J connectivity index is 1.78. The maximum Gasteiger partial charge on any atom is 0.329 e. The monoisotopic (exact) mass is 803 g/mol. The number of hydrogen-bond donors (Lipinski definition) is 3. The van der Waals surface area contributed by atoms with Crippen LogP contribution >= 0.6 is 0 Å². The summed E-state index contributed by atoms with van der Waals surface area (Å²) in [5.74, 6) is -7.58. The van der Waals surface area contributed by atoms with Gasteiger partial charge in [0.2, 0.25) is 5.79 Å². The standard InChI is InChI=1S/C44H69NO12/c1-10-13-30-19-25(2)18-26(3)20-37(54-8)40-38(55-9)22-29(6)44(52,57-40)41(49)42(50)45-17-12-11-14-32(45)43(51)56-39(31-15-16-33(46)36(23-31)53-7)28(5)21-27(4)34(47)24-35(30)48/h10,19,21,26-27,29-34,36-40,46-47,52H,1,11-18,20,22-24H2,2-9H3/b25-19-,28-21+/t26-,27-,29+,30+,31+,32-,33+,34-,36+,37-,38-,39-,40+,44+/m0/s1. The highest BCUT2D eigenvalue weighted by Gasteiger charge is 2.56. The average molecular weight is 804 g/mol. The van der Waals surface area contributed by atoms with Gasteiger partial charge in [-0.2, -0.15) is 0 Å². The second-order valence-corrected chi connectivity index (χ2v) is 17.3. The highest BCUT2D eigenvalue weighted by Crippen LogP contribution is 2.39. The summed E-state index contributed by atoms with van der Waals surface area (Å²) in [5, 5.41) is 34.0. The molecule has 3 N–H and O–H groups in total. The van der Waals surface area contributed by atoms with E-state index in [0.717, 1.165) is 5.57 Å². The summed E-state index contributed by atoms with van der Waals surface area (Å²) in [5.41, 5.74) is 1.62. The molecule has 0 aromatic rings. The van der Waals surface area contributed by atoms with Crippen LogP contribution in [0.2, 0.25) is 0 Å². The maximum absolute atomic E-state index is 14.3.